The monoisotopic (exact) mass is 338 g/mol. The molecular weight excluding hydrogens is 312 g/mol. The van der Waals surface area contributed by atoms with E-state index in [0.29, 0.717) is 0 Å². The van der Waals surface area contributed by atoms with Crippen molar-refractivity contribution in [3.63, 3.8) is 0 Å². The molecule has 0 aliphatic carbocycles. The average Bonchev–Trinajstić information content (AvgIpc) is 2.91. The van der Waals surface area contributed by atoms with Gasteiger partial charge in [0.2, 0.25) is 11.8 Å². The Bertz CT molecular complexity index is 601. The van der Waals surface area contributed by atoms with Gasteiger partial charge in [-0.15, -0.1) is 0 Å². The highest BCUT2D eigenvalue weighted by Crippen LogP contribution is 2.15. The van der Waals surface area contributed by atoms with Crippen LogP contribution < -0.4 is 10.6 Å². The maximum atomic E-state index is 12.4. The van der Waals surface area contributed by atoms with E-state index >= 15 is 0 Å². The van der Waals surface area contributed by atoms with Gasteiger partial charge in [-0.2, -0.15) is 5.10 Å². The van der Waals surface area contributed by atoms with Gasteiger partial charge in [0, 0.05) is 11.5 Å². The molecule has 1 atom stereocenters. The lowest BCUT2D eigenvalue weighted by atomic mass is 9.93. The molecule has 8 heteroatoms. The zero-order chi connectivity index (χ0) is 18.5. The first-order valence-electron chi connectivity index (χ1n) is 7.90. The zero-order valence-corrected chi connectivity index (χ0v) is 15.0. The lowest BCUT2D eigenvalue weighted by molar-refractivity contribution is -0.132. The van der Waals surface area contributed by atoms with Gasteiger partial charge >= 0.3 is 5.97 Å². The average molecular weight is 338 g/mol. The second-order valence-electron chi connectivity index (χ2n) is 6.82. The molecule has 1 heterocycles. The Kier molecular flexibility index (Phi) is 6.51. The molecule has 0 radical (unpaired) electrons. The molecule has 3 N–H and O–H groups in total. The molecule has 0 fully saturated rings. The Labute approximate surface area is 141 Å². The molecule has 1 rings (SSSR count). The fourth-order valence-corrected chi connectivity index (χ4v) is 1.80. The molecule has 0 aliphatic heterocycles. The predicted molar refractivity (Wildman–Crippen MR) is 89.4 cm³/mol. The lowest BCUT2D eigenvalue weighted by Crippen LogP contribution is -2.50. The maximum Gasteiger partial charge on any atom is 0.356 e. The molecule has 134 valence electrons. The summed E-state index contributed by atoms with van der Waals surface area (Å²) in [5, 5.41) is 11.7. The van der Waals surface area contributed by atoms with Crippen molar-refractivity contribution >= 4 is 23.6 Å². The van der Waals surface area contributed by atoms with Crippen LogP contribution in [-0.4, -0.2) is 40.6 Å². The molecule has 24 heavy (non-hydrogen) atoms. The number of esters is 1. The number of carbonyl (C=O) groups excluding carboxylic acids is 3. The number of hydrogen-bond acceptors (Lipinski definition) is 5. The summed E-state index contributed by atoms with van der Waals surface area (Å²) in [6.45, 7) is 10.9. The zero-order valence-electron chi connectivity index (χ0n) is 15.0. The van der Waals surface area contributed by atoms with E-state index in [4.69, 9.17) is 4.74 Å². The highest BCUT2D eigenvalue weighted by atomic mass is 16.5. The minimum absolute atomic E-state index is 0.111. The molecule has 0 saturated heterocycles. The molecule has 0 bridgehead atoms. The van der Waals surface area contributed by atoms with Crippen LogP contribution in [0.2, 0.25) is 0 Å². The van der Waals surface area contributed by atoms with Crippen LogP contribution in [0.15, 0.2) is 6.07 Å². The van der Waals surface area contributed by atoms with E-state index < -0.39 is 23.3 Å². The molecule has 2 amide bonds. The van der Waals surface area contributed by atoms with Crippen molar-refractivity contribution in [2.45, 2.75) is 47.6 Å². The summed E-state index contributed by atoms with van der Waals surface area (Å²) in [6.07, 6.45) is 0. The molecule has 1 aromatic heterocycles. The number of nitrogens with one attached hydrogen (secondary N) is 3. The first kappa shape index (κ1) is 19.7. The molecule has 0 aliphatic rings. The Hall–Kier alpha value is -2.38. The van der Waals surface area contributed by atoms with Crippen LogP contribution in [0.1, 0.15) is 52.0 Å². The largest absolute Gasteiger partial charge is 0.461 e. The minimum atomic E-state index is -0.709. The van der Waals surface area contributed by atoms with Crippen LogP contribution in [0.25, 0.3) is 0 Å². The Balaban J connectivity index is 2.79. The summed E-state index contributed by atoms with van der Waals surface area (Å²) in [7, 11) is 0. The van der Waals surface area contributed by atoms with Crippen LogP contribution >= 0.6 is 0 Å². The second kappa shape index (κ2) is 7.94. The van der Waals surface area contributed by atoms with Gasteiger partial charge in [0.05, 0.1) is 6.61 Å². The van der Waals surface area contributed by atoms with Gasteiger partial charge in [-0.25, -0.2) is 4.79 Å². The lowest BCUT2D eigenvalue weighted by Gasteiger charge is -2.25. The van der Waals surface area contributed by atoms with Gasteiger partial charge in [-0.3, -0.25) is 14.7 Å². The number of H-pyrrole nitrogens is 1. The van der Waals surface area contributed by atoms with Crippen molar-refractivity contribution in [1.29, 1.82) is 0 Å². The number of carbonyl (C=O) groups is 3. The Morgan fingerprint density at radius 1 is 1.29 bits per heavy atom. The quantitative estimate of drug-likeness (QED) is 0.683. The normalized spacial score (nSPS) is 12.6. The first-order valence-corrected chi connectivity index (χ1v) is 7.90. The van der Waals surface area contributed by atoms with E-state index in [1.54, 1.807) is 27.7 Å². The van der Waals surface area contributed by atoms with Crippen LogP contribution in [0.3, 0.4) is 0 Å². The van der Waals surface area contributed by atoms with Crippen molar-refractivity contribution < 1.29 is 19.1 Å². The van der Waals surface area contributed by atoms with Gasteiger partial charge in [-0.05, 0) is 12.8 Å². The topological polar surface area (TPSA) is 113 Å². The third-order valence-electron chi connectivity index (χ3n) is 3.24. The van der Waals surface area contributed by atoms with Crippen molar-refractivity contribution in [2.75, 3.05) is 11.9 Å². The maximum absolute atomic E-state index is 12.4. The predicted octanol–water partition coefficient (Wildman–Crippen LogP) is 1.71. The number of nitrogens with zero attached hydrogens (tertiary/aromatic N) is 1. The van der Waals surface area contributed by atoms with E-state index in [0.717, 1.165) is 0 Å². The highest BCUT2D eigenvalue weighted by molar-refractivity contribution is 5.98. The van der Waals surface area contributed by atoms with Gasteiger partial charge in [0.15, 0.2) is 5.82 Å². The van der Waals surface area contributed by atoms with Gasteiger partial charge < -0.3 is 15.4 Å². The molecule has 1 aromatic rings. The van der Waals surface area contributed by atoms with E-state index in [2.05, 4.69) is 20.8 Å². The smallest absolute Gasteiger partial charge is 0.356 e. The summed E-state index contributed by atoms with van der Waals surface area (Å²) in [5.74, 6) is -1.08. The molecular formula is C16H26N4O4. The first-order chi connectivity index (χ1) is 11.1. The summed E-state index contributed by atoms with van der Waals surface area (Å²) in [4.78, 5) is 36.1. The molecule has 0 saturated carbocycles. The van der Waals surface area contributed by atoms with Crippen molar-refractivity contribution in [2.24, 2.45) is 11.3 Å². The third kappa shape index (κ3) is 5.36. The fraction of sp³-hybridized carbons (Fsp3) is 0.625. The summed E-state index contributed by atoms with van der Waals surface area (Å²) >= 11 is 0. The SMILES string of the molecule is CCOC(=O)c1cc(NC(=O)C(NC(=O)C(C)(C)C)C(C)C)n[nH]1. The number of rotatable bonds is 6. The molecule has 0 aromatic carbocycles. The summed E-state index contributed by atoms with van der Waals surface area (Å²) in [5.41, 5.74) is -0.455. The van der Waals surface area contributed by atoms with Crippen LogP contribution in [0.5, 0.6) is 0 Å². The molecule has 0 spiro atoms. The van der Waals surface area contributed by atoms with E-state index in [1.165, 1.54) is 6.07 Å². The van der Waals surface area contributed by atoms with Gasteiger partial charge in [0.1, 0.15) is 11.7 Å². The number of ether oxygens (including phenoxy) is 1. The molecule has 1 unspecified atom stereocenters. The number of amides is 2. The summed E-state index contributed by atoms with van der Waals surface area (Å²) in [6, 6.07) is 0.679. The van der Waals surface area contributed by atoms with E-state index in [-0.39, 0.29) is 29.9 Å². The third-order valence-corrected chi connectivity index (χ3v) is 3.24. The Morgan fingerprint density at radius 2 is 1.92 bits per heavy atom. The fourth-order valence-electron chi connectivity index (χ4n) is 1.80. The second-order valence-corrected chi connectivity index (χ2v) is 6.82. The Morgan fingerprint density at radius 3 is 2.42 bits per heavy atom. The standard InChI is InChI=1S/C16H26N4O4/c1-7-24-14(22)10-8-11(20-19-10)17-13(21)12(9(2)3)18-15(23)16(4,5)6/h8-9,12H,7H2,1-6H3,(H,18,23)(H2,17,19,20,21). The van der Waals surface area contributed by atoms with Crippen molar-refractivity contribution in [3.05, 3.63) is 11.8 Å². The van der Waals surface area contributed by atoms with E-state index in [9.17, 15) is 14.4 Å². The highest BCUT2D eigenvalue weighted by Gasteiger charge is 2.30. The van der Waals surface area contributed by atoms with Crippen LogP contribution in [-0.2, 0) is 14.3 Å². The van der Waals surface area contributed by atoms with Crippen molar-refractivity contribution in [3.8, 4) is 0 Å². The van der Waals surface area contributed by atoms with Crippen molar-refractivity contribution in [1.82, 2.24) is 15.5 Å². The number of anilines is 1. The number of hydrogen-bond donors (Lipinski definition) is 3. The van der Waals surface area contributed by atoms with Gasteiger partial charge in [0.25, 0.3) is 0 Å². The van der Waals surface area contributed by atoms with E-state index in [1.807, 2.05) is 13.8 Å². The van der Waals surface area contributed by atoms with Crippen LogP contribution in [0.4, 0.5) is 5.82 Å². The minimum Gasteiger partial charge on any atom is -0.461 e. The molecule has 8 nitrogen and oxygen atoms in total. The summed E-state index contributed by atoms with van der Waals surface area (Å²) < 4.78 is 4.84. The van der Waals surface area contributed by atoms with Crippen LogP contribution in [0, 0.1) is 11.3 Å². The number of aromatic amines is 1. The van der Waals surface area contributed by atoms with Gasteiger partial charge in [-0.1, -0.05) is 34.6 Å². The number of aromatic nitrogens is 2.